The molecule has 130 valence electrons. The first-order chi connectivity index (χ1) is 11.4. The molecule has 2 aromatic rings. The molecule has 0 spiro atoms. The van der Waals surface area contributed by atoms with Gasteiger partial charge in [0.25, 0.3) is 5.91 Å². The lowest BCUT2D eigenvalue weighted by molar-refractivity contribution is 0.0754. The van der Waals surface area contributed by atoms with E-state index in [1.54, 1.807) is 35.3 Å². The molecule has 0 unspecified atom stereocenters. The zero-order chi connectivity index (χ0) is 17.7. The molecule has 0 bridgehead atoms. The van der Waals surface area contributed by atoms with Crippen LogP contribution in [-0.2, 0) is 16.6 Å². The maximum atomic E-state index is 12.6. The number of sulfonamides is 1. The van der Waals surface area contributed by atoms with Gasteiger partial charge < -0.3 is 4.90 Å². The summed E-state index contributed by atoms with van der Waals surface area (Å²) in [5.74, 6) is -0.116. The lowest BCUT2D eigenvalue weighted by atomic mass is 10.2. The highest BCUT2D eigenvalue weighted by Gasteiger charge is 2.17. The highest BCUT2D eigenvalue weighted by molar-refractivity contribution is 9.11. The van der Waals surface area contributed by atoms with E-state index in [0.717, 1.165) is 8.66 Å². The zero-order valence-corrected chi connectivity index (χ0v) is 16.7. The van der Waals surface area contributed by atoms with Gasteiger partial charge in [0.05, 0.1) is 15.2 Å². The molecule has 1 N–H and O–H groups in total. The van der Waals surface area contributed by atoms with Crippen molar-refractivity contribution >= 4 is 43.2 Å². The molecule has 2 rings (SSSR count). The van der Waals surface area contributed by atoms with Gasteiger partial charge in [0, 0.05) is 23.5 Å². The number of nitrogens with zero attached hydrogens (tertiary/aromatic N) is 1. The first-order valence-electron chi connectivity index (χ1n) is 7.50. The Morgan fingerprint density at radius 1 is 1.17 bits per heavy atom. The summed E-state index contributed by atoms with van der Waals surface area (Å²) in [4.78, 5) is 15.6. The SMILES string of the molecule is CCNS(=O)(=O)c1ccc(C(=O)N(CC)Cc2ccc(Br)s2)cc1. The minimum atomic E-state index is -3.50. The standard InChI is InChI=1S/C16H19BrN2O3S2/c1-3-18-24(21,22)14-8-5-12(6-9-14)16(20)19(4-2)11-13-7-10-15(17)23-13/h5-10,18H,3-4,11H2,1-2H3. The molecular weight excluding hydrogens is 412 g/mol. The van der Waals surface area contributed by atoms with Crippen LogP contribution in [-0.4, -0.2) is 32.3 Å². The molecule has 1 amide bonds. The van der Waals surface area contributed by atoms with Crippen LogP contribution in [0.4, 0.5) is 0 Å². The molecule has 0 aliphatic heterocycles. The second kappa shape index (κ2) is 8.24. The Kier molecular flexibility index (Phi) is 6.56. The number of hydrogen-bond acceptors (Lipinski definition) is 4. The fraction of sp³-hybridized carbons (Fsp3) is 0.312. The normalized spacial score (nSPS) is 11.5. The fourth-order valence-corrected chi connectivity index (χ4v) is 4.72. The van der Waals surface area contributed by atoms with Gasteiger partial charge in [0.15, 0.2) is 0 Å². The lowest BCUT2D eigenvalue weighted by Gasteiger charge is -2.20. The molecule has 8 heteroatoms. The van der Waals surface area contributed by atoms with Crippen molar-refractivity contribution in [2.75, 3.05) is 13.1 Å². The quantitative estimate of drug-likeness (QED) is 0.730. The van der Waals surface area contributed by atoms with Crippen LogP contribution < -0.4 is 4.72 Å². The van der Waals surface area contributed by atoms with Crippen LogP contribution in [0, 0.1) is 0 Å². The number of carbonyl (C=O) groups excluding carboxylic acids is 1. The Labute approximate surface area is 154 Å². The number of carbonyl (C=O) groups is 1. The number of nitrogens with one attached hydrogen (secondary N) is 1. The molecule has 1 aromatic heterocycles. The number of thiophene rings is 1. The fourth-order valence-electron chi connectivity index (χ4n) is 2.18. The highest BCUT2D eigenvalue weighted by atomic mass is 79.9. The molecule has 24 heavy (non-hydrogen) atoms. The van der Waals surface area contributed by atoms with Gasteiger partial charge in [-0.05, 0) is 59.3 Å². The Hall–Kier alpha value is -1.22. The first kappa shape index (κ1) is 19.1. The van der Waals surface area contributed by atoms with E-state index in [9.17, 15) is 13.2 Å². The van der Waals surface area contributed by atoms with Crippen LogP contribution in [0.2, 0.25) is 0 Å². The third-order valence-corrected chi connectivity index (χ3v) is 6.56. The summed E-state index contributed by atoms with van der Waals surface area (Å²) in [6.07, 6.45) is 0. The van der Waals surface area contributed by atoms with Gasteiger partial charge in [0.1, 0.15) is 0 Å². The Balaban J connectivity index is 2.16. The van der Waals surface area contributed by atoms with E-state index in [1.807, 2.05) is 19.1 Å². The summed E-state index contributed by atoms with van der Waals surface area (Å²) in [5, 5.41) is 0. The van der Waals surface area contributed by atoms with Crippen molar-refractivity contribution in [1.82, 2.24) is 9.62 Å². The molecule has 1 heterocycles. The van der Waals surface area contributed by atoms with Crippen molar-refractivity contribution in [3.8, 4) is 0 Å². The predicted molar refractivity (Wildman–Crippen MR) is 99.7 cm³/mol. The van der Waals surface area contributed by atoms with E-state index in [-0.39, 0.29) is 10.8 Å². The second-order valence-corrected chi connectivity index (χ2v) is 9.37. The zero-order valence-electron chi connectivity index (χ0n) is 13.5. The number of halogens is 1. The van der Waals surface area contributed by atoms with E-state index in [0.29, 0.717) is 25.2 Å². The van der Waals surface area contributed by atoms with E-state index < -0.39 is 10.0 Å². The van der Waals surface area contributed by atoms with Crippen LogP contribution in [0.1, 0.15) is 29.1 Å². The lowest BCUT2D eigenvalue weighted by Crippen LogP contribution is -2.30. The molecular formula is C16H19BrN2O3S2. The average Bonchev–Trinajstić information content (AvgIpc) is 2.97. The summed E-state index contributed by atoms with van der Waals surface area (Å²) in [7, 11) is -3.50. The summed E-state index contributed by atoms with van der Waals surface area (Å²) < 4.78 is 27.3. The van der Waals surface area contributed by atoms with Crippen LogP contribution in [0.5, 0.6) is 0 Å². The van der Waals surface area contributed by atoms with Gasteiger partial charge >= 0.3 is 0 Å². The topological polar surface area (TPSA) is 66.5 Å². The number of benzene rings is 1. The van der Waals surface area contributed by atoms with Gasteiger partial charge in [-0.15, -0.1) is 11.3 Å². The monoisotopic (exact) mass is 430 g/mol. The Bertz CT molecular complexity index is 801. The summed E-state index contributed by atoms with van der Waals surface area (Å²) in [6.45, 7) is 5.07. The predicted octanol–water partition coefficient (Wildman–Crippen LogP) is 3.47. The molecule has 0 radical (unpaired) electrons. The van der Waals surface area contributed by atoms with Crippen molar-refractivity contribution in [2.24, 2.45) is 0 Å². The Morgan fingerprint density at radius 2 is 1.83 bits per heavy atom. The van der Waals surface area contributed by atoms with Crippen molar-refractivity contribution in [3.63, 3.8) is 0 Å². The molecule has 0 aliphatic rings. The molecule has 5 nitrogen and oxygen atoms in total. The van der Waals surface area contributed by atoms with Gasteiger partial charge in [-0.3, -0.25) is 4.79 Å². The van der Waals surface area contributed by atoms with Crippen molar-refractivity contribution < 1.29 is 13.2 Å². The molecule has 0 fully saturated rings. The molecule has 0 saturated carbocycles. The third kappa shape index (κ3) is 4.66. The van der Waals surface area contributed by atoms with Crippen LogP contribution in [0.25, 0.3) is 0 Å². The minimum absolute atomic E-state index is 0.116. The Morgan fingerprint density at radius 3 is 2.33 bits per heavy atom. The van der Waals surface area contributed by atoms with Crippen LogP contribution in [0.15, 0.2) is 45.1 Å². The second-order valence-electron chi connectivity index (χ2n) is 5.05. The van der Waals surface area contributed by atoms with Crippen molar-refractivity contribution in [3.05, 3.63) is 50.6 Å². The molecule has 0 atom stereocenters. The first-order valence-corrected chi connectivity index (χ1v) is 10.6. The highest BCUT2D eigenvalue weighted by Crippen LogP contribution is 2.24. The van der Waals surface area contributed by atoms with E-state index in [2.05, 4.69) is 20.7 Å². The molecule has 0 aliphatic carbocycles. The van der Waals surface area contributed by atoms with Crippen molar-refractivity contribution in [2.45, 2.75) is 25.3 Å². The van der Waals surface area contributed by atoms with Crippen LogP contribution in [0.3, 0.4) is 0 Å². The van der Waals surface area contributed by atoms with E-state index >= 15 is 0 Å². The summed E-state index contributed by atoms with van der Waals surface area (Å²) in [5.41, 5.74) is 0.475. The van der Waals surface area contributed by atoms with Gasteiger partial charge in [0.2, 0.25) is 10.0 Å². The average molecular weight is 431 g/mol. The number of rotatable bonds is 7. The van der Waals surface area contributed by atoms with Gasteiger partial charge in [-0.25, -0.2) is 13.1 Å². The van der Waals surface area contributed by atoms with Gasteiger partial charge in [-0.1, -0.05) is 6.92 Å². The minimum Gasteiger partial charge on any atom is -0.334 e. The molecule has 0 saturated heterocycles. The summed E-state index contributed by atoms with van der Waals surface area (Å²) >= 11 is 5.01. The van der Waals surface area contributed by atoms with Gasteiger partial charge in [-0.2, -0.15) is 0 Å². The maximum Gasteiger partial charge on any atom is 0.254 e. The molecule has 1 aromatic carbocycles. The van der Waals surface area contributed by atoms with Crippen LogP contribution >= 0.6 is 27.3 Å². The van der Waals surface area contributed by atoms with Crippen molar-refractivity contribution in [1.29, 1.82) is 0 Å². The van der Waals surface area contributed by atoms with E-state index in [4.69, 9.17) is 0 Å². The van der Waals surface area contributed by atoms with E-state index in [1.165, 1.54) is 12.1 Å². The number of amides is 1. The maximum absolute atomic E-state index is 12.6. The largest absolute Gasteiger partial charge is 0.334 e. The smallest absolute Gasteiger partial charge is 0.254 e. The number of hydrogen-bond donors (Lipinski definition) is 1. The summed E-state index contributed by atoms with van der Waals surface area (Å²) in [6, 6.07) is 9.97. The third-order valence-electron chi connectivity index (χ3n) is 3.39.